The number of unbranched alkanes of at least 4 members (excludes halogenated alkanes) is 4. The van der Waals surface area contributed by atoms with E-state index < -0.39 is 23.6 Å². The van der Waals surface area contributed by atoms with Crippen LogP contribution in [0.3, 0.4) is 0 Å². The summed E-state index contributed by atoms with van der Waals surface area (Å²) in [7, 11) is 0. The molecule has 0 heterocycles. The van der Waals surface area contributed by atoms with E-state index in [1.807, 2.05) is 0 Å². The van der Waals surface area contributed by atoms with Crippen molar-refractivity contribution in [3.8, 4) is 16.9 Å². The quantitative estimate of drug-likeness (QED) is 0.136. The number of alkyl halides is 2. The molecule has 0 saturated heterocycles. The molecule has 1 aliphatic rings. The minimum atomic E-state index is -3.68. The van der Waals surface area contributed by atoms with Crippen molar-refractivity contribution in [2.24, 2.45) is 5.92 Å². The van der Waals surface area contributed by atoms with Crippen LogP contribution in [0.5, 0.6) is 5.75 Å². The Bertz CT molecular complexity index is 1160. The number of ether oxygens (including phenoxy) is 1. The summed E-state index contributed by atoms with van der Waals surface area (Å²) in [4.78, 5) is 0. The summed E-state index contributed by atoms with van der Waals surface area (Å²) in [6.45, 7) is 2.23. The summed E-state index contributed by atoms with van der Waals surface area (Å²) in [5.74, 6) is -3.54. The second-order valence-corrected chi connectivity index (χ2v) is 10.4. The lowest BCUT2D eigenvalue weighted by molar-refractivity contribution is -0.185. The van der Waals surface area contributed by atoms with Crippen LogP contribution in [-0.4, -0.2) is 0 Å². The summed E-state index contributed by atoms with van der Waals surface area (Å²) in [5.41, 5.74) is 0.681. The minimum Gasteiger partial charge on any atom is -0.428 e. The lowest BCUT2D eigenvalue weighted by atomic mass is 9.77. The number of rotatable bonds is 11. The van der Waals surface area contributed by atoms with E-state index >= 15 is 8.78 Å². The summed E-state index contributed by atoms with van der Waals surface area (Å²) in [5, 5.41) is 0. The van der Waals surface area contributed by atoms with Gasteiger partial charge in [-0.15, -0.1) is 0 Å². The third kappa shape index (κ3) is 6.95. The van der Waals surface area contributed by atoms with Gasteiger partial charge in [0.1, 0.15) is 5.75 Å². The third-order valence-electron chi connectivity index (χ3n) is 7.70. The van der Waals surface area contributed by atoms with Crippen molar-refractivity contribution in [1.82, 2.24) is 0 Å². The third-order valence-corrected chi connectivity index (χ3v) is 7.70. The van der Waals surface area contributed by atoms with Gasteiger partial charge >= 0.3 is 6.11 Å². The van der Waals surface area contributed by atoms with Crippen molar-refractivity contribution in [3.63, 3.8) is 0 Å². The first-order chi connectivity index (χ1) is 18.3. The van der Waals surface area contributed by atoms with Gasteiger partial charge in [-0.2, -0.15) is 8.78 Å². The lowest BCUT2D eigenvalue weighted by Gasteiger charge is -2.29. The van der Waals surface area contributed by atoms with Crippen LogP contribution in [-0.2, 0) is 6.11 Å². The number of para-hydroxylation sites is 1. The predicted molar refractivity (Wildman–Crippen MR) is 141 cm³/mol. The molecule has 204 valence electrons. The van der Waals surface area contributed by atoms with Crippen LogP contribution in [0.4, 0.5) is 22.0 Å². The Morgan fingerprint density at radius 3 is 2.08 bits per heavy atom. The van der Waals surface area contributed by atoms with Gasteiger partial charge in [0.25, 0.3) is 0 Å². The number of benzene rings is 3. The van der Waals surface area contributed by atoms with Crippen LogP contribution in [0.15, 0.2) is 60.7 Å². The highest BCUT2D eigenvalue weighted by atomic mass is 19.3. The Kier molecular flexibility index (Phi) is 9.45. The van der Waals surface area contributed by atoms with Crippen molar-refractivity contribution < 1.29 is 26.7 Å². The average molecular weight is 531 g/mol. The average Bonchev–Trinajstić information content (AvgIpc) is 2.92. The highest BCUT2D eigenvalue weighted by Crippen LogP contribution is 2.41. The SMILES string of the molecule is CCCCCCC[C@H]1CC[C@H](c2ccc(C(F)(F)Oc3ccccc3-c3cc(F)c(F)c(F)c3)cc2)CC1. The number of hydrogen-bond donors (Lipinski definition) is 0. The summed E-state index contributed by atoms with van der Waals surface area (Å²) in [6.07, 6.45) is 8.62. The number of halogens is 5. The second kappa shape index (κ2) is 12.8. The van der Waals surface area contributed by atoms with E-state index in [1.165, 1.54) is 87.8 Å². The molecular formula is C32H35F5O. The Balaban J connectivity index is 1.39. The van der Waals surface area contributed by atoms with Crippen molar-refractivity contribution >= 4 is 0 Å². The Morgan fingerprint density at radius 2 is 1.42 bits per heavy atom. The molecule has 0 atom stereocenters. The van der Waals surface area contributed by atoms with E-state index in [2.05, 4.69) is 6.92 Å². The summed E-state index contributed by atoms with van der Waals surface area (Å²) >= 11 is 0. The fourth-order valence-corrected chi connectivity index (χ4v) is 5.47. The maximum Gasteiger partial charge on any atom is 0.426 e. The van der Waals surface area contributed by atoms with Gasteiger partial charge in [-0.3, -0.25) is 0 Å². The van der Waals surface area contributed by atoms with Gasteiger partial charge in [-0.05, 0) is 79.0 Å². The van der Waals surface area contributed by atoms with Crippen molar-refractivity contribution in [3.05, 3.63) is 89.2 Å². The molecule has 0 aliphatic heterocycles. The molecule has 38 heavy (non-hydrogen) atoms. The minimum absolute atomic E-state index is 0.0312. The van der Waals surface area contributed by atoms with Gasteiger partial charge in [-0.25, -0.2) is 13.2 Å². The van der Waals surface area contributed by atoms with Gasteiger partial charge in [0, 0.05) is 5.56 Å². The molecule has 4 rings (SSSR count). The Labute approximate surface area is 222 Å². The molecule has 1 saturated carbocycles. The van der Waals surface area contributed by atoms with Crippen LogP contribution in [0.2, 0.25) is 0 Å². The fraction of sp³-hybridized carbons (Fsp3) is 0.438. The molecule has 0 bridgehead atoms. The van der Waals surface area contributed by atoms with Crippen molar-refractivity contribution in [2.75, 3.05) is 0 Å². The molecule has 0 aromatic heterocycles. The predicted octanol–water partition coefficient (Wildman–Crippen LogP) is 10.5. The largest absolute Gasteiger partial charge is 0.428 e. The monoisotopic (exact) mass is 530 g/mol. The zero-order chi connectivity index (χ0) is 27.1. The van der Waals surface area contributed by atoms with Crippen molar-refractivity contribution in [1.29, 1.82) is 0 Å². The molecule has 3 aromatic carbocycles. The van der Waals surface area contributed by atoms with Crippen LogP contribution >= 0.6 is 0 Å². The normalized spacial score (nSPS) is 17.9. The second-order valence-electron chi connectivity index (χ2n) is 10.4. The van der Waals surface area contributed by atoms with Crippen LogP contribution in [0, 0.1) is 23.4 Å². The van der Waals surface area contributed by atoms with Crippen LogP contribution in [0.25, 0.3) is 11.1 Å². The Hall–Kier alpha value is -2.89. The van der Waals surface area contributed by atoms with E-state index in [0.29, 0.717) is 5.92 Å². The highest BCUT2D eigenvalue weighted by molar-refractivity contribution is 5.70. The van der Waals surface area contributed by atoms with Crippen LogP contribution in [0.1, 0.15) is 88.2 Å². The summed E-state index contributed by atoms with van der Waals surface area (Å²) < 4.78 is 76.3. The molecule has 0 unspecified atom stereocenters. The molecule has 1 aliphatic carbocycles. The maximum absolute atomic E-state index is 15.2. The van der Waals surface area contributed by atoms with E-state index in [4.69, 9.17) is 4.74 Å². The van der Waals surface area contributed by atoms with E-state index in [-0.39, 0.29) is 22.4 Å². The van der Waals surface area contributed by atoms with Gasteiger partial charge in [0.2, 0.25) is 0 Å². The number of hydrogen-bond acceptors (Lipinski definition) is 1. The first-order valence-electron chi connectivity index (χ1n) is 13.7. The van der Waals surface area contributed by atoms with E-state index in [9.17, 15) is 13.2 Å². The van der Waals surface area contributed by atoms with Gasteiger partial charge in [-0.1, -0.05) is 75.8 Å². The fourth-order valence-electron chi connectivity index (χ4n) is 5.47. The topological polar surface area (TPSA) is 9.23 Å². The highest BCUT2D eigenvalue weighted by Gasteiger charge is 2.35. The molecule has 1 fully saturated rings. The molecule has 6 heteroatoms. The Morgan fingerprint density at radius 1 is 0.789 bits per heavy atom. The first-order valence-corrected chi connectivity index (χ1v) is 13.7. The summed E-state index contributed by atoms with van der Waals surface area (Å²) in [6, 6.07) is 13.5. The smallest absolute Gasteiger partial charge is 0.426 e. The molecule has 1 nitrogen and oxygen atoms in total. The lowest BCUT2D eigenvalue weighted by Crippen LogP contribution is -2.22. The molecule has 0 spiro atoms. The zero-order valence-electron chi connectivity index (χ0n) is 21.8. The molecule has 0 amide bonds. The standard InChI is InChI=1S/C32H35F5O/c1-2-3-4-5-6-9-22-12-14-23(15-13-22)24-16-18-26(19-17-24)32(36,37)38-30-11-8-7-10-27(30)25-20-28(33)31(35)29(34)21-25/h7-8,10-11,16-23H,2-6,9,12-15H2,1H3/t22-,23-. The van der Waals surface area contributed by atoms with Gasteiger partial charge < -0.3 is 4.74 Å². The van der Waals surface area contributed by atoms with E-state index in [1.54, 1.807) is 12.1 Å². The van der Waals surface area contributed by atoms with Gasteiger partial charge in [0.05, 0.1) is 5.56 Å². The van der Waals surface area contributed by atoms with E-state index in [0.717, 1.165) is 36.5 Å². The molecular weight excluding hydrogens is 495 g/mol. The van der Waals surface area contributed by atoms with Crippen molar-refractivity contribution in [2.45, 2.75) is 83.2 Å². The molecule has 3 aromatic rings. The molecule has 0 N–H and O–H groups in total. The first kappa shape index (κ1) is 28.1. The molecule has 0 radical (unpaired) electrons. The maximum atomic E-state index is 15.2. The zero-order valence-corrected chi connectivity index (χ0v) is 21.8. The van der Waals surface area contributed by atoms with Gasteiger partial charge in [0.15, 0.2) is 17.5 Å². The van der Waals surface area contributed by atoms with Crippen LogP contribution < -0.4 is 4.74 Å².